The molecule has 0 spiro atoms. The molecule has 13 heteroatoms. The van der Waals surface area contributed by atoms with Gasteiger partial charge in [0.1, 0.15) is 11.5 Å². The molecule has 1 heterocycles. The average molecular weight is 558 g/mol. The van der Waals surface area contributed by atoms with Crippen molar-refractivity contribution >= 4 is 17.8 Å². The first-order chi connectivity index (χ1) is 19.6. The molecule has 3 rings (SSSR count). The Balaban J connectivity index is 1.68. The minimum Gasteiger partial charge on any atom is -0.497 e. The lowest BCUT2D eigenvalue weighted by atomic mass is 10.2. The van der Waals surface area contributed by atoms with E-state index in [0.717, 1.165) is 11.1 Å². The first-order valence-electron chi connectivity index (χ1n) is 12.8. The molecule has 0 aliphatic rings. The summed E-state index contributed by atoms with van der Waals surface area (Å²) < 4.78 is 32.4. The monoisotopic (exact) mass is 557 g/mol. The first-order valence-corrected chi connectivity index (χ1v) is 12.8. The Morgan fingerprint density at radius 3 is 1.75 bits per heavy atom. The Hall–Kier alpha value is -4.07. The van der Waals surface area contributed by atoms with Crippen molar-refractivity contribution in [3.63, 3.8) is 0 Å². The van der Waals surface area contributed by atoms with Crippen LogP contribution >= 0.6 is 0 Å². The SMILES string of the molecule is COc1cc(CNc2nc(NCCOCCOCCN)nc(NCc3ccc(OC)c(OC)c3)n2)cc(OC)c1. The van der Waals surface area contributed by atoms with Crippen LogP contribution in [0.3, 0.4) is 0 Å². The maximum absolute atomic E-state index is 5.58. The third-order valence-electron chi connectivity index (χ3n) is 5.56. The van der Waals surface area contributed by atoms with E-state index >= 15 is 0 Å². The van der Waals surface area contributed by atoms with Gasteiger partial charge in [0.05, 0.1) is 54.9 Å². The van der Waals surface area contributed by atoms with E-state index < -0.39 is 0 Å². The average Bonchev–Trinajstić information content (AvgIpc) is 2.99. The summed E-state index contributed by atoms with van der Waals surface area (Å²) in [6, 6.07) is 11.3. The summed E-state index contributed by atoms with van der Waals surface area (Å²) in [5.41, 5.74) is 7.32. The molecule has 0 atom stereocenters. The number of nitrogens with zero attached hydrogens (tertiary/aromatic N) is 3. The van der Waals surface area contributed by atoms with E-state index in [1.165, 1.54) is 0 Å². The lowest BCUT2D eigenvalue weighted by Gasteiger charge is -2.13. The maximum atomic E-state index is 5.58. The molecular formula is C27H39N7O6. The van der Waals surface area contributed by atoms with Gasteiger partial charge in [-0.1, -0.05) is 6.07 Å². The fourth-order valence-corrected chi connectivity index (χ4v) is 3.57. The fraction of sp³-hybridized carbons (Fsp3) is 0.444. The summed E-state index contributed by atoms with van der Waals surface area (Å²) >= 11 is 0. The molecule has 3 aromatic rings. The molecule has 2 aromatic carbocycles. The van der Waals surface area contributed by atoms with Crippen LogP contribution < -0.4 is 40.6 Å². The highest BCUT2D eigenvalue weighted by molar-refractivity contribution is 5.46. The van der Waals surface area contributed by atoms with Crippen molar-refractivity contribution in [1.82, 2.24) is 15.0 Å². The summed E-state index contributed by atoms with van der Waals surface area (Å²) in [6.07, 6.45) is 0. The number of nitrogens with two attached hydrogens (primary N) is 1. The predicted molar refractivity (Wildman–Crippen MR) is 153 cm³/mol. The van der Waals surface area contributed by atoms with E-state index in [2.05, 4.69) is 30.9 Å². The van der Waals surface area contributed by atoms with Gasteiger partial charge in [0, 0.05) is 32.2 Å². The largest absolute Gasteiger partial charge is 0.497 e. The molecule has 0 amide bonds. The minimum atomic E-state index is 0.394. The molecular weight excluding hydrogens is 518 g/mol. The van der Waals surface area contributed by atoms with Gasteiger partial charge < -0.3 is 50.1 Å². The minimum absolute atomic E-state index is 0.394. The summed E-state index contributed by atoms with van der Waals surface area (Å²) in [5.74, 6) is 3.88. The second kappa shape index (κ2) is 16.8. The van der Waals surface area contributed by atoms with Crippen LogP contribution in [0.2, 0.25) is 0 Å². The van der Waals surface area contributed by atoms with Gasteiger partial charge in [0.25, 0.3) is 0 Å². The number of aromatic nitrogens is 3. The molecule has 40 heavy (non-hydrogen) atoms. The lowest BCUT2D eigenvalue weighted by molar-refractivity contribution is 0.0547. The van der Waals surface area contributed by atoms with Crippen LogP contribution in [-0.2, 0) is 22.6 Å². The van der Waals surface area contributed by atoms with Gasteiger partial charge in [-0.2, -0.15) is 15.0 Å². The number of rotatable bonds is 19. The van der Waals surface area contributed by atoms with E-state index in [1.807, 2.05) is 36.4 Å². The maximum Gasteiger partial charge on any atom is 0.229 e. The number of nitrogens with one attached hydrogen (secondary N) is 3. The highest BCUT2D eigenvalue weighted by Crippen LogP contribution is 2.28. The Labute approximate surface area is 234 Å². The van der Waals surface area contributed by atoms with Crippen molar-refractivity contribution in [3.8, 4) is 23.0 Å². The van der Waals surface area contributed by atoms with Gasteiger partial charge in [0.15, 0.2) is 11.5 Å². The second-order valence-electron chi connectivity index (χ2n) is 8.36. The van der Waals surface area contributed by atoms with Crippen molar-refractivity contribution in [2.75, 3.05) is 83.9 Å². The Bertz CT molecular complexity index is 1160. The molecule has 1 aromatic heterocycles. The Morgan fingerprint density at radius 1 is 0.600 bits per heavy atom. The van der Waals surface area contributed by atoms with Gasteiger partial charge in [-0.3, -0.25) is 0 Å². The number of benzene rings is 2. The normalized spacial score (nSPS) is 10.6. The molecule has 0 bridgehead atoms. The van der Waals surface area contributed by atoms with Gasteiger partial charge in [-0.05, 0) is 35.4 Å². The van der Waals surface area contributed by atoms with Crippen molar-refractivity contribution in [1.29, 1.82) is 0 Å². The summed E-state index contributed by atoms with van der Waals surface area (Å²) in [6.45, 7) is 3.85. The molecule has 0 fully saturated rings. The van der Waals surface area contributed by atoms with E-state index in [4.69, 9.17) is 34.2 Å². The number of methoxy groups -OCH3 is 4. The molecule has 5 N–H and O–H groups in total. The molecule has 0 saturated heterocycles. The number of anilines is 3. The van der Waals surface area contributed by atoms with Crippen LogP contribution in [0.1, 0.15) is 11.1 Å². The van der Waals surface area contributed by atoms with Crippen LogP contribution in [0.25, 0.3) is 0 Å². The van der Waals surface area contributed by atoms with Crippen LogP contribution in [-0.4, -0.2) is 82.9 Å². The molecule has 13 nitrogen and oxygen atoms in total. The van der Waals surface area contributed by atoms with E-state index in [1.54, 1.807) is 28.4 Å². The first kappa shape index (κ1) is 30.5. The van der Waals surface area contributed by atoms with Gasteiger partial charge in [-0.25, -0.2) is 0 Å². The van der Waals surface area contributed by atoms with E-state index in [9.17, 15) is 0 Å². The standard InChI is InChI=1S/C27H39N7O6/c1-35-21-13-20(14-22(16-21)36-2)18-31-27-33-25(29-8-10-40-12-11-39-9-7-28)32-26(34-27)30-17-19-5-6-23(37-3)24(15-19)38-4/h5-6,13-16H,7-12,17-18,28H2,1-4H3,(H3,29,30,31,32,33,34). The number of hydrogen-bond acceptors (Lipinski definition) is 13. The zero-order valence-electron chi connectivity index (χ0n) is 23.5. The smallest absolute Gasteiger partial charge is 0.229 e. The van der Waals surface area contributed by atoms with Crippen molar-refractivity contribution in [2.24, 2.45) is 5.73 Å². The number of ether oxygens (including phenoxy) is 6. The third-order valence-corrected chi connectivity index (χ3v) is 5.56. The van der Waals surface area contributed by atoms with Crippen LogP contribution in [0.5, 0.6) is 23.0 Å². The molecule has 0 aliphatic heterocycles. The van der Waals surface area contributed by atoms with E-state index in [0.29, 0.717) is 93.4 Å². The van der Waals surface area contributed by atoms with Crippen LogP contribution in [0, 0.1) is 0 Å². The highest BCUT2D eigenvalue weighted by Gasteiger charge is 2.10. The van der Waals surface area contributed by atoms with E-state index in [-0.39, 0.29) is 0 Å². The van der Waals surface area contributed by atoms with Crippen molar-refractivity contribution in [3.05, 3.63) is 47.5 Å². The van der Waals surface area contributed by atoms with Crippen molar-refractivity contribution < 1.29 is 28.4 Å². The molecule has 218 valence electrons. The predicted octanol–water partition coefficient (Wildman–Crippen LogP) is 2.53. The zero-order valence-corrected chi connectivity index (χ0v) is 23.5. The quantitative estimate of drug-likeness (QED) is 0.160. The number of hydrogen-bond donors (Lipinski definition) is 4. The van der Waals surface area contributed by atoms with Crippen LogP contribution in [0.15, 0.2) is 36.4 Å². The topological polar surface area (TPSA) is 156 Å². The summed E-state index contributed by atoms with van der Waals surface area (Å²) in [5, 5.41) is 9.71. The Morgan fingerprint density at radius 2 is 1.18 bits per heavy atom. The lowest BCUT2D eigenvalue weighted by Crippen LogP contribution is -2.17. The van der Waals surface area contributed by atoms with Gasteiger partial charge in [0.2, 0.25) is 17.8 Å². The second-order valence-corrected chi connectivity index (χ2v) is 8.36. The zero-order chi connectivity index (χ0) is 28.6. The van der Waals surface area contributed by atoms with Crippen LogP contribution in [0.4, 0.5) is 17.8 Å². The van der Waals surface area contributed by atoms with Crippen molar-refractivity contribution in [2.45, 2.75) is 13.1 Å². The van der Waals surface area contributed by atoms with Gasteiger partial charge >= 0.3 is 0 Å². The third kappa shape index (κ3) is 9.91. The molecule has 0 saturated carbocycles. The van der Waals surface area contributed by atoms with Gasteiger partial charge in [-0.15, -0.1) is 0 Å². The molecule has 0 radical (unpaired) electrons. The highest BCUT2D eigenvalue weighted by atomic mass is 16.5. The Kier molecular flexibility index (Phi) is 12.8. The summed E-state index contributed by atoms with van der Waals surface area (Å²) in [4.78, 5) is 13.6. The molecule has 0 aliphatic carbocycles. The summed E-state index contributed by atoms with van der Waals surface area (Å²) in [7, 11) is 6.43. The fourth-order valence-electron chi connectivity index (χ4n) is 3.57. The molecule has 0 unspecified atom stereocenters.